The number of hydrogen-bond acceptors (Lipinski definition) is 3. The van der Waals surface area contributed by atoms with Crippen molar-refractivity contribution in [3.63, 3.8) is 0 Å². The molecule has 2 rings (SSSR count). The van der Waals surface area contributed by atoms with Gasteiger partial charge in [0.2, 0.25) is 0 Å². The van der Waals surface area contributed by atoms with Crippen LogP contribution in [0, 0.1) is 0 Å². The fourth-order valence-electron chi connectivity index (χ4n) is 3.44. The van der Waals surface area contributed by atoms with Crippen molar-refractivity contribution >= 4 is 17.7 Å². The molecule has 0 radical (unpaired) electrons. The van der Waals surface area contributed by atoms with Crippen LogP contribution in [0.2, 0.25) is 0 Å². The van der Waals surface area contributed by atoms with E-state index in [0.29, 0.717) is 12.1 Å². The van der Waals surface area contributed by atoms with Crippen molar-refractivity contribution in [1.29, 1.82) is 0 Å². The highest BCUT2D eigenvalue weighted by Crippen LogP contribution is 2.28. The van der Waals surface area contributed by atoms with Gasteiger partial charge in [0.15, 0.2) is 5.96 Å². The van der Waals surface area contributed by atoms with Gasteiger partial charge in [0.05, 0.1) is 0 Å². The Balaban J connectivity index is 1.81. The van der Waals surface area contributed by atoms with Crippen molar-refractivity contribution in [2.75, 3.05) is 19.8 Å². The first-order valence-corrected chi connectivity index (χ1v) is 10.5. The molecule has 3 N–H and O–H groups in total. The Hall–Kier alpha value is -1.20. The molecule has 1 aliphatic rings. The minimum Gasteiger partial charge on any atom is -0.355 e. The summed E-state index contributed by atoms with van der Waals surface area (Å²) in [6.07, 6.45) is 5.98. The first kappa shape index (κ1) is 20.1. The number of thioether (sulfide) groups is 1. The van der Waals surface area contributed by atoms with Gasteiger partial charge in [-0.15, -0.1) is 0 Å². The second kappa shape index (κ2) is 9.48. The van der Waals surface area contributed by atoms with Crippen LogP contribution in [0.1, 0.15) is 51.6 Å². The first-order valence-electron chi connectivity index (χ1n) is 9.26. The van der Waals surface area contributed by atoms with Crippen LogP contribution in [0.15, 0.2) is 35.3 Å². The van der Waals surface area contributed by atoms with Crippen LogP contribution in [0.4, 0.5) is 0 Å². The van der Waals surface area contributed by atoms with Crippen LogP contribution in [-0.4, -0.2) is 42.6 Å². The molecule has 0 heterocycles. The van der Waals surface area contributed by atoms with Crippen LogP contribution >= 0.6 is 11.8 Å². The van der Waals surface area contributed by atoms with Crippen molar-refractivity contribution < 1.29 is 0 Å². The van der Waals surface area contributed by atoms with Gasteiger partial charge in [0.25, 0.3) is 0 Å². The molecule has 25 heavy (non-hydrogen) atoms. The van der Waals surface area contributed by atoms with E-state index < -0.39 is 0 Å². The average molecular weight is 363 g/mol. The van der Waals surface area contributed by atoms with Crippen molar-refractivity contribution in [1.82, 2.24) is 16.0 Å². The number of nitrogens with one attached hydrogen (secondary N) is 3. The van der Waals surface area contributed by atoms with E-state index >= 15 is 0 Å². The van der Waals surface area contributed by atoms with Gasteiger partial charge in [-0.2, -0.15) is 11.8 Å². The third kappa shape index (κ3) is 6.55. The predicted molar refractivity (Wildman–Crippen MR) is 112 cm³/mol. The lowest BCUT2D eigenvalue weighted by molar-refractivity contribution is 0.344. The highest BCUT2D eigenvalue weighted by atomic mass is 32.2. The van der Waals surface area contributed by atoms with E-state index in [9.17, 15) is 0 Å². The maximum atomic E-state index is 4.40. The smallest absolute Gasteiger partial charge is 0.191 e. The van der Waals surface area contributed by atoms with Crippen molar-refractivity contribution in [2.24, 2.45) is 4.99 Å². The Morgan fingerprint density at radius 1 is 1.28 bits per heavy atom. The van der Waals surface area contributed by atoms with Crippen molar-refractivity contribution in [3.8, 4) is 0 Å². The fraction of sp³-hybridized carbons (Fsp3) is 0.650. The van der Waals surface area contributed by atoms with Gasteiger partial charge in [-0.3, -0.25) is 4.99 Å². The molecular formula is C20H34N4S. The van der Waals surface area contributed by atoms with Gasteiger partial charge in [0, 0.05) is 36.5 Å². The molecule has 1 aromatic rings. The summed E-state index contributed by atoms with van der Waals surface area (Å²) in [6.45, 7) is 7.49. The molecule has 1 fully saturated rings. The molecule has 1 saturated carbocycles. The summed E-state index contributed by atoms with van der Waals surface area (Å²) in [5.41, 5.74) is 1.27. The lowest BCUT2D eigenvalue weighted by atomic mass is 10.0. The monoisotopic (exact) mass is 362 g/mol. The third-order valence-electron chi connectivity index (χ3n) is 4.89. The third-order valence-corrected chi connectivity index (χ3v) is 5.98. The largest absolute Gasteiger partial charge is 0.355 e. The van der Waals surface area contributed by atoms with Crippen molar-refractivity contribution in [3.05, 3.63) is 35.9 Å². The lowest BCUT2D eigenvalue weighted by Crippen LogP contribution is -2.53. The van der Waals surface area contributed by atoms with E-state index in [0.717, 1.165) is 17.8 Å². The van der Waals surface area contributed by atoms with Crippen LogP contribution in [0.25, 0.3) is 0 Å². The van der Waals surface area contributed by atoms with Gasteiger partial charge < -0.3 is 16.0 Å². The minimum atomic E-state index is -0.0373. The average Bonchev–Trinajstić information content (AvgIpc) is 3.06. The van der Waals surface area contributed by atoms with E-state index in [4.69, 9.17) is 0 Å². The molecule has 4 nitrogen and oxygen atoms in total. The van der Waals surface area contributed by atoms with Crippen LogP contribution in [0.3, 0.4) is 0 Å². The molecular weight excluding hydrogens is 328 g/mol. The molecule has 3 atom stereocenters. The molecule has 1 aromatic carbocycles. The summed E-state index contributed by atoms with van der Waals surface area (Å²) in [5, 5.41) is 11.6. The molecule has 0 bridgehead atoms. The topological polar surface area (TPSA) is 48.5 Å². The summed E-state index contributed by atoms with van der Waals surface area (Å²) in [6, 6.07) is 11.4. The normalized spacial score (nSPS) is 22.7. The number of benzene rings is 1. The van der Waals surface area contributed by atoms with Gasteiger partial charge in [-0.05, 0) is 51.9 Å². The number of hydrogen-bond donors (Lipinski definition) is 3. The zero-order valence-corrected chi connectivity index (χ0v) is 17.1. The zero-order valence-electron chi connectivity index (χ0n) is 16.3. The summed E-state index contributed by atoms with van der Waals surface area (Å²) in [5.74, 6) is 0.911. The fourth-order valence-corrected chi connectivity index (χ4v) is 4.24. The minimum absolute atomic E-state index is 0.0373. The Morgan fingerprint density at radius 2 is 2.00 bits per heavy atom. The molecule has 1 aliphatic carbocycles. The first-order chi connectivity index (χ1) is 11.9. The molecule has 0 aliphatic heterocycles. The SMILES string of the molecule is CN=C(NCC(C)(C)NC(C)c1ccccc1)NC1CCC(SC)C1. The Labute approximate surface area is 157 Å². The van der Waals surface area contributed by atoms with Crippen molar-refractivity contribution in [2.45, 2.75) is 62.9 Å². The van der Waals surface area contributed by atoms with E-state index in [1.807, 2.05) is 18.8 Å². The second-order valence-electron chi connectivity index (χ2n) is 7.60. The van der Waals surface area contributed by atoms with E-state index in [2.05, 4.69) is 78.3 Å². The predicted octanol–water partition coefficient (Wildman–Crippen LogP) is 3.56. The molecule has 0 amide bonds. The Bertz CT molecular complexity index is 544. The highest BCUT2D eigenvalue weighted by Gasteiger charge is 2.25. The molecule has 0 saturated heterocycles. The summed E-state index contributed by atoms with van der Waals surface area (Å²) in [7, 11) is 1.85. The maximum absolute atomic E-state index is 4.40. The molecule has 3 unspecified atom stereocenters. The van der Waals surface area contributed by atoms with Gasteiger partial charge in [0.1, 0.15) is 0 Å². The molecule has 140 valence electrons. The number of nitrogens with zero attached hydrogens (tertiary/aromatic N) is 1. The Morgan fingerprint density at radius 3 is 2.60 bits per heavy atom. The van der Waals surface area contributed by atoms with Gasteiger partial charge in [-0.25, -0.2) is 0 Å². The number of guanidine groups is 1. The van der Waals surface area contributed by atoms with Crippen LogP contribution in [-0.2, 0) is 0 Å². The molecule has 0 aromatic heterocycles. The quantitative estimate of drug-likeness (QED) is 0.513. The van der Waals surface area contributed by atoms with Crippen LogP contribution < -0.4 is 16.0 Å². The summed E-state index contributed by atoms with van der Waals surface area (Å²) in [4.78, 5) is 4.40. The van der Waals surface area contributed by atoms with Crippen LogP contribution in [0.5, 0.6) is 0 Å². The highest BCUT2D eigenvalue weighted by molar-refractivity contribution is 7.99. The summed E-state index contributed by atoms with van der Waals surface area (Å²) < 4.78 is 0. The number of aliphatic imine (C=N–C) groups is 1. The number of rotatable bonds is 7. The van der Waals surface area contributed by atoms with E-state index in [-0.39, 0.29) is 5.54 Å². The van der Waals surface area contributed by atoms with E-state index in [1.165, 1.54) is 24.8 Å². The zero-order chi connectivity index (χ0) is 18.3. The molecule has 0 spiro atoms. The van der Waals surface area contributed by atoms with E-state index in [1.54, 1.807) is 0 Å². The summed E-state index contributed by atoms with van der Waals surface area (Å²) >= 11 is 1.98. The lowest BCUT2D eigenvalue weighted by Gasteiger charge is -2.32. The Kier molecular flexibility index (Phi) is 7.63. The van der Waals surface area contributed by atoms with Gasteiger partial charge in [-0.1, -0.05) is 30.3 Å². The second-order valence-corrected chi connectivity index (χ2v) is 8.74. The standard InChI is InChI=1S/C20H34N4S/c1-15(16-9-7-6-8-10-16)24-20(2,3)14-22-19(21-4)23-17-11-12-18(13-17)25-5/h6-10,15,17-18,24H,11-14H2,1-5H3,(H2,21,22,23). The molecule has 5 heteroatoms. The maximum Gasteiger partial charge on any atom is 0.191 e. The van der Waals surface area contributed by atoms with Gasteiger partial charge >= 0.3 is 0 Å².